The second-order valence-electron chi connectivity index (χ2n) is 2.31. The molecule has 0 spiro atoms. The zero-order valence-electron chi connectivity index (χ0n) is 5.09. The second kappa shape index (κ2) is 2.17. The third-order valence-electron chi connectivity index (χ3n) is 1.65. The van der Waals surface area contributed by atoms with Crippen LogP contribution in [0, 0.1) is 5.92 Å². The van der Waals surface area contributed by atoms with E-state index in [2.05, 4.69) is 0 Å². The van der Waals surface area contributed by atoms with E-state index in [0.717, 1.165) is 6.42 Å². The molecule has 50 valence electrons. The molecule has 1 aliphatic rings. The topological polar surface area (TPSA) is 60.2 Å². The van der Waals surface area contributed by atoms with E-state index >= 15 is 0 Å². The lowest BCUT2D eigenvalue weighted by molar-refractivity contribution is -0.130. The van der Waals surface area contributed by atoms with Gasteiger partial charge in [-0.1, -0.05) is 0 Å². The Kier molecular flexibility index (Phi) is 1.51. The lowest BCUT2D eigenvalue weighted by Crippen LogP contribution is -2.25. The van der Waals surface area contributed by atoms with Crippen molar-refractivity contribution in [2.45, 2.75) is 19.3 Å². The lowest BCUT2D eigenvalue weighted by Gasteiger charge is -1.98. The van der Waals surface area contributed by atoms with Crippen LogP contribution in [0.1, 0.15) is 19.3 Å². The molecular formula is C6H9NO2. The van der Waals surface area contributed by atoms with Crippen molar-refractivity contribution in [2.24, 2.45) is 11.7 Å². The maximum atomic E-state index is 10.7. The molecule has 0 aromatic carbocycles. The third-order valence-corrected chi connectivity index (χ3v) is 1.65. The summed E-state index contributed by atoms with van der Waals surface area (Å²) < 4.78 is 0. The Labute approximate surface area is 53.2 Å². The molecule has 2 N–H and O–H groups in total. The van der Waals surface area contributed by atoms with Gasteiger partial charge in [0.2, 0.25) is 5.91 Å². The van der Waals surface area contributed by atoms with Crippen molar-refractivity contribution in [1.82, 2.24) is 0 Å². The molecule has 0 heterocycles. The van der Waals surface area contributed by atoms with Crippen molar-refractivity contribution in [2.75, 3.05) is 0 Å². The Morgan fingerprint density at radius 3 is 2.56 bits per heavy atom. The Morgan fingerprint density at radius 2 is 2.33 bits per heavy atom. The largest absolute Gasteiger partial charge is 0.369 e. The first-order valence-electron chi connectivity index (χ1n) is 3.04. The number of primary amides is 1. The van der Waals surface area contributed by atoms with Crippen LogP contribution in [0.25, 0.3) is 0 Å². The highest BCUT2D eigenvalue weighted by Crippen LogP contribution is 2.20. The number of carbonyl (C=O) groups is 2. The van der Waals surface area contributed by atoms with E-state index in [-0.39, 0.29) is 5.78 Å². The predicted molar refractivity (Wildman–Crippen MR) is 31.5 cm³/mol. The van der Waals surface area contributed by atoms with Gasteiger partial charge in [0, 0.05) is 6.42 Å². The van der Waals surface area contributed by atoms with Crippen LogP contribution < -0.4 is 5.73 Å². The molecule has 1 atom stereocenters. The van der Waals surface area contributed by atoms with Crippen molar-refractivity contribution in [3.05, 3.63) is 0 Å². The molecule has 1 amide bonds. The van der Waals surface area contributed by atoms with Crippen LogP contribution in [-0.2, 0) is 9.59 Å². The molecule has 0 saturated heterocycles. The van der Waals surface area contributed by atoms with Gasteiger partial charge in [-0.15, -0.1) is 0 Å². The van der Waals surface area contributed by atoms with Crippen LogP contribution in [-0.4, -0.2) is 11.7 Å². The number of ketones is 1. The average Bonchev–Trinajstić information content (AvgIpc) is 2.13. The van der Waals surface area contributed by atoms with Crippen LogP contribution in [0.3, 0.4) is 0 Å². The zero-order chi connectivity index (χ0) is 6.85. The van der Waals surface area contributed by atoms with Crippen molar-refractivity contribution < 1.29 is 9.59 Å². The van der Waals surface area contributed by atoms with Gasteiger partial charge in [0.1, 0.15) is 5.78 Å². The fraction of sp³-hybridized carbons (Fsp3) is 0.667. The maximum Gasteiger partial charge on any atom is 0.227 e. The molecule has 3 nitrogen and oxygen atoms in total. The van der Waals surface area contributed by atoms with E-state index in [1.807, 2.05) is 0 Å². The molecule has 0 aliphatic heterocycles. The molecule has 0 radical (unpaired) electrons. The predicted octanol–water partition coefficient (Wildman–Crippen LogP) is -0.159. The fourth-order valence-electron chi connectivity index (χ4n) is 1.12. The molecular weight excluding hydrogens is 118 g/mol. The normalized spacial score (nSPS) is 26.7. The molecule has 0 aromatic heterocycles. The average molecular weight is 127 g/mol. The summed E-state index contributed by atoms with van der Waals surface area (Å²) in [5.74, 6) is -0.912. The lowest BCUT2D eigenvalue weighted by atomic mass is 10.1. The molecule has 1 fully saturated rings. The minimum absolute atomic E-state index is 0.0162. The van der Waals surface area contributed by atoms with Crippen LogP contribution in [0.2, 0.25) is 0 Å². The monoisotopic (exact) mass is 127 g/mol. The van der Waals surface area contributed by atoms with Crippen molar-refractivity contribution in [1.29, 1.82) is 0 Å². The minimum Gasteiger partial charge on any atom is -0.369 e. The highest BCUT2D eigenvalue weighted by Gasteiger charge is 2.28. The summed E-state index contributed by atoms with van der Waals surface area (Å²) in [6, 6.07) is 0. The number of Topliss-reactive ketones (excluding diaryl/α,β-unsaturated/α-hetero) is 1. The van der Waals surface area contributed by atoms with Crippen molar-refractivity contribution in [3.63, 3.8) is 0 Å². The van der Waals surface area contributed by atoms with E-state index in [1.165, 1.54) is 0 Å². The Bertz CT molecular complexity index is 153. The van der Waals surface area contributed by atoms with Gasteiger partial charge in [0.15, 0.2) is 0 Å². The Balaban J connectivity index is 2.60. The van der Waals surface area contributed by atoms with Gasteiger partial charge in [-0.05, 0) is 12.8 Å². The van der Waals surface area contributed by atoms with Gasteiger partial charge >= 0.3 is 0 Å². The number of carbonyl (C=O) groups excluding carboxylic acids is 2. The zero-order valence-corrected chi connectivity index (χ0v) is 5.09. The number of hydrogen-bond donors (Lipinski definition) is 1. The van der Waals surface area contributed by atoms with E-state index in [0.29, 0.717) is 12.8 Å². The molecule has 3 heteroatoms. The number of amides is 1. The third kappa shape index (κ3) is 1.09. The van der Waals surface area contributed by atoms with Crippen LogP contribution >= 0.6 is 0 Å². The summed E-state index contributed by atoms with van der Waals surface area (Å²) in [6.07, 6.45) is 2.02. The summed E-state index contributed by atoms with van der Waals surface area (Å²) in [5, 5.41) is 0. The maximum absolute atomic E-state index is 10.7. The summed E-state index contributed by atoms with van der Waals surface area (Å²) >= 11 is 0. The van der Waals surface area contributed by atoms with E-state index in [9.17, 15) is 9.59 Å². The summed E-state index contributed by atoms with van der Waals surface area (Å²) in [5.41, 5.74) is 4.93. The summed E-state index contributed by atoms with van der Waals surface area (Å²) in [4.78, 5) is 21.1. The molecule has 1 unspecified atom stereocenters. The standard InChI is InChI=1S/C6H9NO2/c7-6(9)4-2-1-3-5(4)8/h4H,1-3H2,(H2,7,9). The van der Waals surface area contributed by atoms with E-state index in [1.54, 1.807) is 0 Å². The van der Waals surface area contributed by atoms with Crippen molar-refractivity contribution in [3.8, 4) is 0 Å². The minimum atomic E-state index is -0.468. The van der Waals surface area contributed by atoms with Gasteiger partial charge in [-0.25, -0.2) is 0 Å². The number of nitrogens with two attached hydrogens (primary N) is 1. The molecule has 1 rings (SSSR count). The van der Waals surface area contributed by atoms with Crippen LogP contribution in [0.4, 0.5) is 0 Å². The van der Waals surface area contributed by atoms with Gasteiger partial charge in [-0.2, -0.15) is 0 Å². The SMILES string of the molecule is NC(=O)C1CCCC1=O. The second-order valence-corrected chi connectivity index (χ2v) is 2.31. The quantitative estimate of drug-likeness (QED) is 0.497. The highest BCUT2D eigenvalue weighted by atomic mass is 16.2. The van der Waals surface area contributed by atoms with E-state index in [4.69, 9.17) is 5.73 Å². The van der Waals surface area contributed by atoms with E-state index < -0.39 is 11.8 Å². The number of hydrogen-bond acceptors (Lipinski definition) is 2. The van der Waals surface area contributed by atoms with Crippen LogP contribution in [0.15, 0.2) is 0 Å². The smallest absolute Gasteiger partial charge is 0.227 e. The molecule has 1 saturated carbocycles. The number of rotatable bonds is 1. The molecule has 0 bridgehead atoms. The first-order valence-corrected chi connectivity index (χ1v) is 3.04. The Morgan fingerprint density at radius 1 is 1.67 bits per heavy atom. The first kappa shape index (κ1) is 6.26. The highest BCUT2D eigenvalue weighted by molar-refractivity contribution is 6.01. The van der Waals surface area contributed by atoms with Gasteiger partial charge < -0.3 is 5.73 Å². The Hall–Kier alpha value is -0.860. The van der Waals surface area contributed by atoms with Gasteiger partial charge in [0.05, 0.1) is 5.92 Å². The molecule has 9 heavy (non-hydrogen) atoms. The van der Waals surface area contributed by atoms with Gasteiger partial charge in [0.25, 0.3) is 0 Å². The fourth-order valence-corrected chi connectivity index (χ4v) is 1.12. The van der Waals surface area contributed by atoms with Crippen LogP contribution in [0.5, 0.6) is 0 Å². The first-order chi connectivity index (χ1) is 4.22. The van der Waals surface area contributed by atoms with Crippen molar-refractivity contribution >= 4 is 11.7 Å². The molecule has 0 aromatic rings. The molecule has 1 aliphatic carbocycles. The summed E-state index contributed by atoms with van der Waals surface area (Å²) in [7, 11) is 0. The van der Waals surface area contributed by atoms with Gasteiger partial charge in [-0.3, -0.25) is 9.59 Å². The summed E-state index contributed by atoms with van der Waals surface area (Å²) in [6.45, 7) is 0.